The summed E-state index contributed by atoms with van der Waals surface area (Å²) >= 11 is 1.53. The number of para-hydroxylation sites is 1. The Kier molecular flexibility index (Phi) is 4.85. The number of thioether (sulfide) groups is 1. The zero-order chi connectivity index (χ0) is 12.6. The van der Waals surface area contributed by atoms with E-state index < -0.39 is 0 Å². The lowest BCUT2D eigenvalue weighted by atomic mass is 10.3. The van der Waals surface area contributed by atoms with E-state index in [1.54, 1.807) is 0 Å². The molecule has 92 valence electrons. The predicted molar refractivity (Wildman–Crippen MR) is 74.1 cm³/mol. The highest BCUT2D eigenvalue weighted by molar-refractivity contribution is 8.00. The highest BCUT2D eigenvalue weighted by Crippen LogP contribution is 2.17. The minimum Gasteiger partial charge on any atom is -0.486 e. The molecule has 0 bridgehead atoms. The van der Waals surface area contributed by atoms with E-state index in [1.807, 2.05) is 60.7 Å². The number of carbonyl (C=O) groups excluding carboxylic acids is 1. The third kappa shape index (κ3) is 4.26. The molecule has 0 unspecified atom stereocenters. The van der Waals surface area contributed by atoms with E-state index in [-0.39, 0.29) is 12.4 Å². The molecule has 0 atom stereocenters. The first-order chi connectivity index (χ1) is 8.84. The topological polar surface area (TPSA) is 26.3 Å². The van der Waals surface area contributed by atoms with Crippen LogP contribution in [-0.2, 0) is 4.79 Å². The van der Waals surface area contributed by atoms with Gasteiger partial charge in [-0.3, -0.25) is 4.79 Å². The molecule has 0 aliphatic rings. The monoisotopic (exact) mass is 258 g/mol. The summed E-state index contributed by atoms with van der Waals surface area (Å²) in [6, 6.07) is 19.3. The van der Waals surface area contributed by atoms with E-state index in [1.165, 1.54) is 11.8 Å². The fourth-order valence-corrected chi connectivity index (χ4v) is 2.16. The number of ether oxygens (including phenoxy) is 1. The van der Waals surface area contributed by atoms with E-state index in [0.29, 0.717) is 5.75 Å². The molecule has 18 heavy (non-hydrogen) atoms. The van der Waals surface area contributed by atoms with Gasteiger partial charge in [-0.1, -0.05) is 36.4 Å². The lowest BCUT2D eigenvalue weighted by Gasteiger charge is -2.05. The Morgan fingerprint density at radius 3 is 2.22 bits per heavy atom. The minimum absolute atomic E-state index is 0.0905. The molecule has 0 saturated carbocycles. The Bertz CT molecular complexity index is 437. The number of carbonyl (C=O) groups is 1. The second-order valence-corrected chi connectivity index (χ2v) is 4.79. The van der Waals surface area contributed by atoms with Crippen molar-refractivity contribution in [2.75, 3.05) is 12.4 Å². The molecule has 0 radical (unpaired) electrons. The van der Waals surface area contributed by atoms with E-state index >= 15 is 0 Å². The van der Waals surface area contributed by atoms with Gasteiger partial charge in [0.25, 0.3) is 0 Å². The first kappa shape index (κ1) is 12.7. The normalized spacial score (nSPS) is 10.0. The van der Waals surface area contributed by atoms with Crippen LogP contribution in [-0.4, -0.2) is 18.1 Å². The molecule has 0 spiro atoms. The Balaban J connectivity index is 1.73. The van der Waals surface area contributed by atoms with Crippen molar-refractivity contribution in [1.82, 2.24) is 0 Å². The maximum Gasteiger partial charge on any atom is 0.180 e. The molecule has 3 heteroatoms. The third-order valence-electron chi connectivity index (χ3n) is 2.29. The molecule has 2 aromatic carbocycles. The lowest BCUT2D eigenvalue weighted by molar-refractivity contribution is -0.118. The number of ketones is 1. The van der Waals surface area contributed by atoms with Crippen LogP contribution in [0.3, 0.4) is 0 Å². The molecule has 0 heterocycles. The van der Waals surface area contributed by atoms with Gasteiger partial charge in [-0.15, -0.1) is 11.8 Å². The molecule has 0 aliphatic carbocycles. The van der Waals surface area contributed by atoms with Crippen LogP contribution < -0.4 is 4.74 Å². The second kappa shape index (κ2) is 6.87. The fraction of sp³-hybridized carbons (Fsp3) is 0.133. The standard InChI is InChI=1S/C15H14O2S/c16-13(11-17-14-7-3-1-4-8-14)12-18-15-9-5-2-6-10-15/h1-10H,11-12H2. The predicted octanol–water partition coefficient (Wildman–Crippen LogP) is 3.43. The molecule has 2 nitrogen and oxygen atoms in total. The van der Waals surface area contributed by atoms with Gasteiger partial charge in [-0.2, -0.15) is 0 Å². The number of hydrogen-bond acceptors (Lipinski definition) is 3. The van der Waals surface area contributed by atoms with Gasteiger partial charge in [0, 0.05) is 4.90 Å². The molecular weight excluding hydrogens is 244 g/mol. The van der Waals surface area contributed by atoms with Gasteiger partial charge in [0.15, 0.2) is 5.78 Å². The zero-order valence-corrected chi connectivity index (χ0v) is 10.7. The number of benzene rings is 2. The summed E-state index contributed by atoms with van der Waals surface area (Å²) in [4.78, 5) is 12.7. The average molecular weight is 258 g/mol. The second-order valence-electron chi connectivity index (χ2n) is 3.74. The van der Waals surface area contributed by atoms with Crippen LogP contribution in [0.4, 0.5) is 0 Å². The van der Waals surface area contributed by atoms with Crippen molar-refractivity contribution in [2.45, 2.75) is 4.90 Å². The molecule has 0 aromatic heterocycles. The maximum absolute atomic E-state index is 11.6. The van der Waals surface area contributed by atoms with Gasteiger partial charge in [-0.25, -0.2) is 0 Å². The van der Waals surface area contributed by atoms with E-state index in [9.17, 15) is 4.79 Å². The highest BCUT2D eigenvalue weighted by atomic mass is 32.2. The van der Waals surface area contributed by atoms with Crippen LogP contribution in [0.25, 0.3) is 0 Å². The Labute approximate surface area is 111 Å². The molecule has 0 amide bonds. The molecular formula is C15H14O2S. The SMILES string of the molecule is O=C(COc1ccccc1)CSc1ccccc1. The quantitative estimate of drug-likeness (QED) is 0.743. The summed E-state index contributed by atoms with van der Waals surface area (Å²) in [5, 5.41) is 0. The zero-order valence-electron chi connectivity index (χ0n) is 9.91. The molecule has 0 fully saturated rings. The smallest absolute Gasteiger partial charge is 0.180 e. The summed E-state index contributed by atoms with van der Waals surface area (Å²) < 4.78 is 5.39. The molecule has 2 aromatic rings. The Hall–Kier alpha value is -1.74. The van der Waals surface area contributed by atoms with Gasteiger partial charge in [0.2, 0.25) is 0 Å². The van der Waals surface area contributed by atoms with E-state index in [0.717, 1.165) is 10.6 Å². The van der Waals surface area contributed by atoms with Crippen molar-refractivity contribution in [1.29, 1.82) is 0 Å². The first-order valence-electron chi connectivity index (χ1n) is 5.72. The van der Waals surface area contributed by atoms with Gasteiger partial charge >= 0.3 is 0 Å². The number of Topliss-reactive ketones (excluding diaryl/α,β-unsaturated/α-hetero) is 1. The largest absolute Gasteiger partial charge is 0.486 e. The summed E-state index contributed by atoms with van der Waals surface area (Å²) in [7, 11) is 0. The van der Waals surface area contributed by atoms with Crippen LogP contribution in [0, 0.1) is 0 Å². The van der Waals surface area contributed by atoms with Gasteiger partial charge in [0.05, 0.1) is 5.75 Å². The lowest BCUT2D eigenvalue weighted by Crippen LogP contribution is -2.13. The molecule has 0 saturated heterocycles. The Morgan fingerprint density at radius 1 is 0.944 bits per heavy atom. The van der Waals surface area contributed by atoms with Crippen molar-refractivity contribution in [3.63, 3.8) is 0 Å². The summed E-state index contributed by atoms with van der Waals surface area (Å²) in [5.74, 6) is 1.26. The van der Waals surface area contributed by atoms with Crippen molar-refractivity contribution < 1.29 is 9.53 Å². The van der Waals surface area contributed by atoms with Crippen LogP contribution in [0.1, 0.15) is 0 Å². The fourth-order valence-electron chi connectivity index (χ4n) is 1.40. The van der Waals surface area contributed by atoms with Crippen molar-refractivity contribution >= 4 is 17.5 Å². The number of hydrogen-bond donors (Lipinski definition) is 0. The van der Waals surface area contributed by atoms with E-state index in [2.05, 4.69) is 0 Å². The van der Waals surface area contributed by atoms with Crippen LogP contribution >= 0.6 is 11.8 Å². The Morgan fingerprint density at radius 2 is 1.56 bits per heavy atom. The van der Waals surface area contributed by atoms with Crippen LogP contribution in [0.5, 0.6) is 5.75 Å². The van der Waals surface area contributed by atoms with E-state index in [4.69, 9.17) is 4.74 Å². The molecule has 2 rings (SSSR count). The first-order valence-corrected chi connectivity index (χ1v) is 6.70. The van der Waals surface area contributed by atoms with Crippen LogP contribution in [0.15, 0.2) is 65.6 Å². The van der Waals surface area contributed by atoms with Crippen LogP contribution in [0.2, 0.25) is 0 Å². The minimum atomic E-state index is 0.0905. The van der Waals surface area contributed by atoms with Crippen molar-refractivity contribution in [2.24, 2.45) is 0 Å². The van der Waals surface area contributed by atoms with Crippen molar-refractivity contribution in [3.05, 3.63) is 60.7 Å². The maximum atomic E-state index is 11.6. The highest BCUT2D eigenvalue weighted by Gasteiger charge is 2.04. The molecule has 0 N–H and O–H groups in total. The summed E-state index contributed by atoms with van der Waals surface area (Å²) in [6.45, 7) is 0.129. The van der Waals surface area contributed by atoms with Gasteiger partial charge in [0.1, 0.15) is 12.4 Å². The average Bonchev–Trinajstić information content (AvgIpc) is 2.45. The summed E-state index contributed by atoms with van der Waals surface area (Å²) in [6.07, 6.45) is 0. The molecule has 0 aliphatic heterocycles. The van der Waals surface area contributed by atoms with Crippen molar-refractivity contribution in [3.8, 4) is 5.75 Å². The number of rotatable bonds is 6. The van der Waals surface area contributed by atoms with Gasteiger partial charge < -0.3 is 4.74 Å². The third-order valence-corrected chi connectivity index (χ3v) is 3.36. The summed E-state index contributed by atoms with van der Waals surface area (Å²) in [5.41, 5.74) is 0. The van der Waals surface area contributed by atoms with Gasteiger partial charge in [-0.05, 0) is 24.3 Å².